The topological polar surface area (TPSA) is 35.5 Å². The first-order chi connectivity index (χ1) is 7.20. The highest BCUT2D eigenvalue weighted by Crippen LogP contribution is 2.15. The van der Waals surface area contributed by atoms with Gasteiger partial charge in [0.2, 0.25) is 0 Å². The Labute approximate surface area is 93.9 Å². The Morgan fingerprint density at radius 2 is 2.27 bits per heavy atom. The Morgan fingerprint density at radius 1 is 1.47 bits per heavy atom. The summed E-state index contributed by atoms with van der Waals surface area (Å²) in [5, 5.41) is 12.3. The molecule has 0 aromatic rings. The SMILES string of the molecule is CC1CCCCN1CCCNC[C@H](C)O. The zero-order valence-corrected chi connectivity index (χ0v) is 10.2. The van der Waals surface area contributed by atoms with Crippen molar-refractivity contribution in [2.45, 2.75) is 51.7 Å². The quantitative estimate of drug-likeness (QED) is 0.653. The van der Waals surface area contributed by atoms with Crippen molar-refractivity contribution >= 4 is 0 Å². The van der Waals surface area contributed by atoms with Crippen LogP contribution >= 0.6 is 0 Å². The molecule has 0 saturated carbocycles. The van der Waals surface area contributed by atoms with Crippen LogP contribution in [-0.4, -0.2) is 48.3 Å². The normalized spacial score (nSPS) is 25.4. The Morgan fingerprint density at radius 3 is 2.93 bits per heavy atom. The van der Waals surface area contributed by atoms with Crippen LogP contribution in [0.4, 0.5) is 0 Å². The standard InChI is InChI=1S/C12H26N2O/c1-11-6-3-4-8-14(11)9-5-7-13-10-12(2)15/h11-13,15H,3-10H2,1-2H3/t11?,12-/m0/s1. The zero-order valence-electron chi connectivity index (χ0n) is 10.2. The summed E-state index contributed by atoms with van der Waals surface area (Å²) in [4.78, 5) is 2.59. The van der Waals surface area contributed by atoms with Gasteiger partial charge in [0, 0.05) is 12.6 Å². The molecule has 1 rings (SSSR count). The minimum Gasteiger partial charge on any atom is -0.392 e. The summed E-state index contributed by atoms with van der Waals surface area (Å²) in [5.41, 5.74) is 0. The van der Waals surface area contributed by atoms with Crippen LogP contribution in [-0.2, 0) is 0 Å². The van der Waals surface area contributed by atoms with Crippen molar-refractivity contribution in [2.75, 3.05) is 26.2 Å². The molecule has 1 fully saturated rings. The first kappa shape index (κ1) is 12.9. The number of aliphatic hydroxyl groups excluding tert-OH is 1. The summed E-state index contributed by atoms with van der Waals surface area (Å²) >= 11 is 0. The Hall–Kier alpha value is -0.120. The molecule has 3 nitrogen and oxygen atoms in total. The maximum absolute atomic E-state index is 9.07. The number of likely N-dealkylation sites (tertiary alicyclic amines) is 1. The van der Waals surface area contributed by atoms with Gasteiger partial charge in [-0.2, -0.15) is 0 Å². The molecule has 0 amide bonds. The predicted octanol–water partition coefficient (Wildman–Crippen LogP) is 1.22. The number of rotatable bonds is 6. The molecular weight excluding hydrogens is 188 g/mol. The van der Waals surface area contributed by atoms with E-state index < -0.39 is 0 Å². The van der Waals surface area contributed by atoms with Crippen molar-refractivity contribution in [1.29, 1.82) is 0 Å². The lowest BCUT2D eigenvalue weighted by Gasteiger charge is -2.33. The van der Waals surface area contributed by atoms with E-state index in [-0.39, 0.29) is 6.10 Å². The first-order valence-electron chi connectivity index (χ1n) is 6.33. The minimum atomic E-state index is -0.223. The largest absolute Gasteiger partial charge is 0.392 e. The molecule has 0 aromatic carbocycles. The van der Waals surface area contributed by atoms with E-state index in [0.29, 0.717) is 0 Å². The highest BCUT2D eigenvalue weighted by molar-refractivity contribution is 4.72. The third-order valence-electron chi connectivity index (χ3n) is 3.18. The molecular formula is C12H26N2O. The Bertz CT molecular complexity index is 162. The van der Waals surface area contributed by atoms with Crippen LogP contribution in [0, 0.1) is 0 Å². The molecule has 1 aliphatic rings. The summed E-state index contributed by atoms with van der Waals surface area (Å²) in [6, 6.07) is 0.774. The second kappa shape index (κ2) is 7.20. The van der Waals surface area contributed by atoms with Gasteiger partial charge in [-0.1, -0.05) is 6.42 Å². The lowest BCUT2D eigenvalue weighted by atomic mass is 10.0. The minimum absolute atomic E-state index is 0.223. The summed E-state index contributed by atoms with van der Waals surface area (Å²) < 4.78 is 0. The Balaban J connectivity index is 1.99. The van der Waals surface area contributed by atoms with Crippen molar-refractivity contribution < 1.29 is 5.11 Å². The van der Waals surface area contributed by atoms with Gasteiger partial charge in [-0.25, -0.2) is 0 Å². The molecule has 90 valence electrons. The monoisotopic (exact) mass is 214 g/mol. The molecule has 0 spiro atoms. The molecule has 3 heteroatoms. The number of hydrogen-bond donors (Lipinski definition) is 2. The van der Waals surface area contributed by atoms with Crippen LogP contribution in [0.25, 0.3) is 0 Å². The van der Waals surface area contributed by atoms with Gasteiger partial charge in [-0.3, -0.25) is 0 Å². The number of hydrogen-bond acceptors (Lipinski definition) is 3. The van der Waals surface area contributed by atoms with Crippen molar-refractivity contribution in [2.24, 2.45) is 0 Å². The second-order valence-corrected chi connectivity index (χ2v) is 4.79. The van der Waals surface area contributed by atoms with E-state index in [2.05, 4.69) is 17.1 Å². The fourth-order valence-corrected chi connectivity index (χ4v) is 2.21. The number of nitrogens with one attached hydrogen (secondary N) is 1. The van der Waals surface area contributed by atoms with Gasteiger partial charge in [0.25, 0.3) is 0 Å². The maximum Gasteiger partial charge on any atom is 0.0636 e. The molecule has 1 unspecified atom stereocenters. The molecule has 0 radical (unpaired) electrons. The first-order valence-corrected chi connectivity index (χ1v) is 6.33. The number of aliphatic hydroxyl groups is 1. The van der Waals surface area contributed by atoms with Crippen LogP contribution in [0.15, 0.2) is 0 Å². The average molecular weight is 214 g/mol. The predicted molar refractivity (Wildman–Crippen MR) is 64.1 cm³/mol. The summed E-state index contributed by atoms with van der Waals surface area (Å²) in [6.07, 6.45) is 5.10. The molecule has 1 heterocycles. The molecule has 2 atom stereocenters. The lowest BCUT2D eigenvalue weighted by Crippen LogP contribution is -2.39. The van der Waals surface area contributed by atoms with E-state index in [1.54, 1.807) is 0 Å². The van der Waals surface area contributed by atoms with E-state index in [1.165, 1.54) is 38.8 Å². The molecule has 0 bridgehead atoms. The number of piperidine rings is 1. The lowest BCUT2D eigenvalue weighted by molar-refractivity contribution is 0.156. The van der Waals surface area contributed by atoms with Crippen LogP contribution in [0.5, 0.6) is 0 Å². The van der Waals surface area contributed by atoms with Gasteiger partial charge < -0.3 is 15.3 Å². The smallest absolute Gasteiger partial charge is 0.0636 e. The number of nitrogens with zero attached hydrogens (tertiary/aromatic N) is 1. The van der Waals surface area contributed by atoms with Crippen LogP contribution in [0.3, 0.4) is 0 Å². The van der Waals surface area contributed by atoms with Gasteiger partial charge in [0.05, 0.1) is 6.10 Å². The Kier molecular flexibility index (Phi) is 6.22. The maximum atomic E-state index is 9.07. The highest BCUT2D eigenvalue weighted by atomic mass is 16.3. The highest BCUT2D eigenvalue weighted by Gasteiger charge is 2.16. The van der Waals surface area contributed by atoms with E-state index in [0.717, 1.165) is 19.1 Å². The van der Waals surface area contributed by atoms with Crippen molar-refractivity contribution in [3.63, 3.8) is 0 Å². The van der Waals surface area contributed by atoms with E-state index in [9.17, 15) is 0 Å². The van der Waals surface area contributed by atoms with Crippen LogP contribution in [0.2, 0.25) is 0 Å². The third-order valence-corrected chi connectivity index (χ3v) is 3.18. The fourth-order valence-electron chi connectivity index (χ4n) is 2.21. The van der Waals surface area contributed by atoms with Crippen molar-refractivity contribution in [3.05, 3.63) is 0 Å². The second-order valence-electron chi connectivity index (χ2n) is 4.79. The molecule has 1 aliphatic heterocycles. The van der Waals surface area contributed by atoms with E-state index in [1.807, 2.05) is 6.92 Å². The van der Waals surface area contributed by atoms with Gasteiger partial charge >= 0.3 is 0 Å². The molecule has 0 aliphatic carbocycles. The van der Waals surface area contributed by atoms with Crippen LogP contribution in [0.1, 0.15) is 39.5 Å². The van der Waals surface area contributed by atoms with Gasteiger partial charge in [0.1, 0.15) is 0 Å². The van der Waals surface area contributed by atoms with E-state index >= 15 is 0 Å². The van der Waals surface area contributed by atoms with Crippen molar-refractivity contribution in [1.82, 2.24) is 10.2 Å². The van der Waals surface area contributed by atoms with Crippen molar-refractivity contribution in [3.8, 4) is 0 Å². The summed E-state index contributed by atoms with van der Waals surface area (Å²) in [6.45, 7) is 8.37. The zero-order chi connectivity index (χ0) is 11.1. The summed E-state index contributed by atoms with van der Waals surface area (Å²) in [5.74, 6) is 0. The van der Waals surface area contributed by atoms with Gasteiger partial charge in [0.15, 0.2) is 0 Å². The van der Waals surface area contributed by atoms with E-state index in [4.69, 9.17) is 5.11 Å². The third kappa shape index (κ3) is 5.50. The average Bonchev–Trinajstić information content (AvgIpc) is 2.20. The fraction of sp³-hybridized carbons (Fsp3) is 1.00. The molecule has 15 heavy (non-hydrogen) atoms. The molecule has 2 N–H and O–H groups in total. The van der Waals surface area contributed by atoms with Gasteiger partial charge in [-0.15, -0.1) is 0 Å². The molecule has 1 saturated heterocycles. The summed E-state index contributed by atoms with van der Waals surface area (Å²) in [7, 11) is 0. The van der Waals surface area contributed by atoms with Crippen LogP contribution < -0.4 is 5.32 Å². The van der Waals surface area contributed by atoms with Gasteiger partial charge in [-0.05, 0) is 52.7 Å². The molecule has 0 aromatic heterocycles.